The van der Waals surface area contributed by atoms with Crippen LogP contribution in [0.2, 0.25) is 0 Å². The van der Waals surface area contributed by atoms with Gasteiger partial charge in [-0.15, -0.1) is 0 Å². The molecule has 2 heteroatoms. The summed E-state index contributed by atoms with van der Waals surface area (Å²) < 4.78 is 2.32. The van der Waals surface area contributed by atoms with Crippen LogP contribution in [0, 0.1) is 0 Å². The maximum absolute atomic E-state index is 3.55. The Balaban J connectivity index is 1.93. The first-order valence-electron chi connectivity index (χ1n) is 7.07. The molecule has 2 rings (SSSR count). The Bertz CT molecular complexity index is 546. The van der Waals surface area contributed by atoms with Crippen molar-refractivity contribution in [3.05, 3.63) is 68.6 Å². The molecule has 0 aliphatic rings. The molecule has 0 spiro atoms. The van der Waals surface area contributed by atoms with Crippen LogP contribution in [-0.2, 0) is 0 Å². The first kappa shape index (κ1) is 15.8. The van der Waals surface area contributed by atoms with E-state index in [0.717, 1.165) is 4.47 Å². The summed E-state index contributed by atoms with van der Waals surface area (Å²) in [7, 11) is 0. The van der Waals surface area contributed by atoms with Crippen LogP contribution in [0.1, 0.15) is 49.7 Å². The van der Waals surface area contributed by atoms with Gasteiger partial charge in [-0.25, -0.2) is 0 Å². The Morgan fingerprint density at radius 3 is 1.95 bits per heavy atom. The number of hydrogen-bond donors (Lipinski definition) is 0. The Hall–Kier alpha value is -0.600. The fraction of sp³-hybridized carbons (Fsp3) is 0.333. The highest BCUT2D eigenvalue weighted by molar-refractivity contribution is 9.10. The monoisotopic (exact) mass is 394 g/mol. The number of benzene rings is 2. The summed E-state index contributed by atoms with van der Waals surface area (Å²) in [5.41, 5.74) is 2.84. The Kier molecular flexibility index (Phi) is 5.86. The summed E-state index contributed by atoms with van der Waals surface area (Å²) in [6.45, 7) is 4.63. The van der Waals surface area contributed by atoms with E-state index in [0.29, 0.717) is 11.8 Å². The lowest BCUT2D eigenvalue weighted by Gasteiger charge is -2.16. The molecule has 0 nitrogen and oxygen atoms in total. The van der Waals surface area contributed by atoms with E-state index in [9.17, 15) is 0 Å². The minimum Gasteiger partial charge on any atom is -0.0609 e. The van der Waals surface area contributed by atoms with Gasteiger partial charge in [-0.3, -0.25) is 0 Å². The average Bonchev–Trinajstić information content (AvgIpc) is 2.45. The molecule has 0 fully saturated rings. The van der Waals surface area contributed by atoms with Crippen LogP contribution in [0.15, 0.2) is 57.5 Å². The van der Waals surface area contributed by atoms with Gasteiger partial charge in [0, 0.05) is 8.95 Å². The molecule has 0 saturated carbocycles. The van der Waals surface area contributed by atoms with Crippen molar-refractivity contribution in [2.75, 3.05) is 0 Å². The first-order chi connectivity index (χ1) is 9.56. The molecule has 2 aromatic rings. The summed E-state index contributed by atoms with van der Waals surface area (Å²) >= 11 is 7.04. The zero-order valence-corrected chi connectivity index (χ0v) is 15.1. The molecule has 20 heavy (non-hydrogen) atoms. The van der Waals surface area contributed by atoms with Crippen LogP contribution in [0.5, 0.6) is 0 Å². The maximum atomic E-state index is 3.55. The van der Waals surface area contributed by atoms with Crippen molar-refractivity contribution >= 4 is 31.9 Å². The number of halogens is 2. The molecule has 0 radical (unpaired) electrons. The molecular formula is C18H20Br2. The largest absolute Gasteiger partial charge is 0.0609 e. The van der Waals surface area contributed by atoms with Crippen molar-refractivity contribution < 1.29 is 0 Å². The highest BCUT2D eigenvalue weighted by Gasteiger charge is 2.10. The molecule has 2 atom stereocenters. The third kappa shape index (κ3) is 4.46. The van der Waals surface area contributed by atoms with Gasteiger partial charge in [-0.05, 0) is 60.1 Å². The smallest absolute Gasteiger partial charge is 0.0178 e. The molecule has 0 saturated heterocycles. The summed E-state index contributed by atoms with van der Waals surface area (Å²) in [5, 5.41) is 0. The summed E-state index contributed by atoms with van der Waals surface area (Å²) in [4.78, 5) is 0. The molecule has 2 unspecified atom stereocenters. The van der Waals surface area contributed by atoms with E-state index in [2.05, 4.69) is 94.2 Å². The van der Waals surface area contributed by atoms with Gasteiger partial charge in [0.1, 0.15) is 0 Å². The lowest BCUT2D eigenvalue weighted by Crippen LogP contribution is -1.99. The van der Waals surface area contributed by atoms with Crippen molar-refractivity contribution in [1.29, 1.82) is 0 Å². The van der Waals surface area contributed by atoms with Crippen molar-refractivity contribution in [1.82, 2.24) is 0 Å². The molecule has 0 bridgehead atoms. The third-order valence-corrected chi connectivity index (χ3v) is 4.91. The SMILES string of the molecule is CC(CCC(C)c1cccc(Br)c1)c1ccc(Br)cc1. The topological polar surface area (TPSA) is 0 Å². The molecule has 0 amide bonds. The highest BCUT2D eigenvalue weighted by atomic mass is 79.9. The lowest BCUT2D eigenvalue weighted by molar-refractivity contribution is 0.573. The average molecular weight is 396 g/mol. The minimum absolute atomic E-state index is 0.602. The normalized spacial score (nSPS) is 14.0. The second-order valence-corrected chi connectivity index (χ2v) is 7.32. The Labute approximate surface area is 138 Å². The van der Waals surface area contributed by atoms with Gasteiger partial charge in [0.05, 0.1) is 0 Å². The molecule has 0 N–H and O–H groups in total. The molecule has 2 aromatic carbocycles. The van der Waals surface area contributed by atoms with E-state index in [1.165, 1.54) is 28.4 Å². The predicted octanol–water partition coefficient (Wildman–Crippen LogP) is 6.90. The van der Waals surface area contributed by atoms with Gasteiger partial charge in [-0.2, -0.15) is 0 Å². The van der Waals surface area contributed by atoms with Gasteiger partial charge in [0.2, 0.25) is 0 Å². The van der Waals surface area contributed by atoms with Crippen LogP contribution in [-0.4, -0.2) is 0 Å². The zero-order valence-electron chi connectivity index (χ0n) is 11.9. The number of hydrogen-bond acceptors (Lipinski definition) is 0. The Morgan fingerprint density at radius 2 is 1.35 bits per heavy atom. The number of rotatable bonds is 5. The van der Waals surface area contributed by atoms with E-state index in [1.54, 1.807) is 0 Å². The molecular weight excluding hydrogens is 376 g/mol. The fourth-order valence-electron chi connectivity index (χ4n) is 2.44. The molecule has 0 aliphatic heterocycles. The van der Waals surface area contributed by atoms with E-state index in [1.807, 2.05) is 0 Å². The van der Waals surface area contributed by atoms with Gasteiger partial charge in [0.25, 0.3) is 0 Å². The second-order valence-electron chi connectivity index (χ2n) is 5.49. The van der Waals surface area contributed by atoms with Crippen LogP contribution in [0.25, 0.3) is 0 Å². The van der Waals surface area contributed by atoms with Gasteiger partial charge >= 0.3 is 0 Å². The third-order valence-electron chi connectivity index (χ3n) is 3.89. The van der Waals surface area contributed by atoms with Gasteiger partial charge in [-0.1, -0.05) is 70.0 Å². The van der Waals surface area contributed by atoms with Gasteiger partial charge in [0.15, 0.2) is 0 Å². The standard InChI is InChI=1S/C18H20Br2/c1-13(15-8-10-17(19)11-9-15)6-7-14(2)16-4-3-5-18(20)12-16/h3-5,8-14H,6-7H2,1-2H3. The van der Waals surface area contributed by atoms with E-state index >= 15 is 0 Å². The lowest BCUT2D eigenvalue weighted by atomic mass is 9.89. The van der Waals surface area contributed by atoms with Crippen molar-refractivity contribution in [3.8, 4) is 0 Å². The van der Waals surface area contributed by atoms with Crippen LogP contribution >= 0.6 is 31.9 Å². The minimum atomic E-state index is 0.602. The van der Waals surface area contributed by atoms with E-state index in [4.69, 9.17) is 0 Å². The predicted molar refractivity (Wildman–Crippen MR) is 94.3 cm³/mol. The summed E-state index contributed by atoms with van der Waals surface area (Å²) in [5.74, 6) is 1.21. The van der Waals surface area contributed by atoms with E-state index < -0.39 is 0 Å². The molecule has 0 heterocycles. The quantitative estimate of drug-likeness (QED) is 0.516. The van der Waals surface area contributed by atoms with Crippen molar-refractivity contribution in [2.24, 2.45) is 0 Å². The molecule has 0 aromatic heterocycles. The van der Waals surface area contributed by atoms with Gasteiger partial charge < -0.3 is 0 Å². The highest BCUT2D eigenvalue weighted by Crippen LogP contribution is 2.29. The van der Waals surface area contributed by atoms with Crippen molar-refractivity contribution in [3.63, 3.8) is 0 Å². The van der Waals surface area contributed by atoms with Crippen LogP contribution in [0.4, 0.5) is 0 Å². The summed E-state index contributed by atoms with van der Waals surface area (Å²) in [6.07, 6.45) is 2.43. The van der Waals surface area contributed by atoms with Crippen molar-refractivity contribution in [2.45, 2.75) is 38.5 Å². The van der Waals surface area contributed by atoms with Crippen LogP contribution < -0.4 is 0 Å². The van der Waals surface area contributed by atoms with E-state index in [-0.39, 0.29) is 0 Å². The second kappa shape index (κ2) is 7.42. The maximum Gasteiger partial charge on any atom is 0.0178 e. The molecule has 0 aliphatic carbocycles. The Morgan fingerprint density at radius 1 is 0.750 bits per heavy atom. The first-order valence-corrected chi connectivity index (χ1v) is 8.66. The summed E-state index contributed by atoms with van der Waals surface area (Å²) in [6, 6.07) is 17.4. The van der Waals surface area contributed by atoms with Crippen LogP contribution in [0.3, 0.4) is 0 Å². The fourth-order valence-corrected chi connectivity index (χ4v) is 3.12. The zero-order chi connectivity index (χ0) is 14.5. The molecule has 106 valence electrons.